The Morgan fingerprint density at radius 2 is 1.41 bits per heavy atom. The first-order valence-corrected chi connectivity index (χ1v) is 7.40. The van der Waals surface area contributed by atoms with Crippen LogP contribution >= 0.6 is 0 Å². The van der Waals surface area contributed by atoms with E-state index in [4.69, 9.17) is 0 Å². The second kappa shape index (κ2) is 9.27. The van der Waals surface area contributed by atoms with Gasteiger partial charge < -0.3 is 0 Å². The van der Waals surface area contributed by atoms with Gasteiger partial charge in [0.15, 0.2) is 0 Å². The minimum atomic E-state index is 0.954. The first-order valence-electron chi connectivity index (χ1n) is 7.40. The topological polar surface area (TPSA) is 0 Å². The van der Waals surface area contributed by atoms with Crippen LogP contribution in [0.15, 0.2) is 30.3 Å². The van der Waals surface area contributed by atoms with Crippen LogP contribution in [0.4, 0.5) is 0 Å². The fourth-order valence-corrected chi connectivity index (χ4v) is 2.43. The third-order valence-electron chi connectivity index (χ3n) is 3.62. The van der Waals surface area contributed by atoms with Crippen LogP contribution < -0.4 is 0 Å². The van der Waals surface area contributed by atoms with Gasteiger partial charge in [-0.2, -0.15) is 0 Å². The molecular formula is C17H28. The molecule has 0 bridgehead atoms. The van der Waals surface area contributed by atoms with E-state index in [1.165, 1.54) is 56.9 Å². The monoisotopic (exact) mass is 232 g/mol. The Bertz CT molecular complexity index is 255. The molecule has 0 atom stereocenters. The predicted molar refractivity (Wildman–Crippen MR) is 77.3 cm³/mol. The summed E-state index contributed by atoms with van der Waals surface area (Å²) in [6, 6.07) is 10.9. The van der Waals surface area contributed by atoms with Gasteiger partial charge in [-0.25, -0.2) is 0 Å². The molecule has 0 amide bonds. The zero-order chi connectivity index (χ0) is 12.3. The van der Waals surface area contributed by atoms with E-state index in [1.54, 1.807) is 0 Å². The minimum Gasteiger partial charge on any atom is -0.0654 e. The summed E-state index contributed by atoms with van der Waals surface area (Å²) in [5.74, 6) is 0.954. The fourth-order valence-electron chi connectivity index (χ4n) is 2.43. The van der Waals surface area contributed by atoms with E-state index in [0.717, 1.165) is 5.92 Å². The molecule has 0 aromatic heterocycles. The lowest BCUT2D eigenvalue weighted by molar-refractivity contribution is 0.394. The number of rotatable bonds is 9. The highest BCUT2D eigenvalue weighted by molar-refractivity contribution is 5.14. The maximum absolute atomic E-state index is 2.30. The Morgan fingerprint density at radius 1 is 0.824 bits per heavy atom. The average Bonchev–Trinajstić information content (AvgIpc) is 2.39. The molecule has 0 heterocycles. The van der Waals surface area contributed by atoms with Gasteiger partial charge in [-0.1, -0.05) is 82.7 Å². The number of unbranched alkanes of at least 4 members (excludes halogenated alkanes) is 2. The van der Waals surface area contributed by atoms with E-state index >= 15 is 0 Å². The van der Waals surface area contributed by atoms with Gasteiger partial charge in [0.25, 0.3) is 0 Å². The highest BCUT2D eigenvalue weighted by Gasteiger charge is 2.07. The van der Waals surface area contributed by atoms with Gasteiger partial charge in [0.2, 0.25) is 0 Å². The lowest BCUT2D eigenvalue weighted by atomic mass is 9.90. The van der Waals surface area contributed by atoms with Crippen molar-refractivity contribution < 1.29 is 0 Å². The van der Waals surface area contributed by atoms with E-state index in [-0.39, 0.29) is 0 Å². The van der Waals surface area contributed by atoms with Crippen molar-refractivity contribution in [2.75, 3.05) is 0 Å². The average molecular weight is 232 g/mol. The maximum atomic E-state index is 2.30. The normalized spacial score (nSPS) is 11.0. The number of hydrogen-bond donors (Lipinski definition) is 0. The zero-order valence-electron chi connectivity index (χ0n) is 11.6. The van der Waals surface area contributed by atoms with E-state index < -0.39 is 0 Å². The van der Waals surface area contributed by atoms with Gasteiger partial charge in [-0.3, -0.25) is 0 Å². The first kappa shape index (κ1) is 14.3. The van der Waals surface area contributed by atoms with Crippen LogP contribution in [0.2, 0.25) is 0 Å². The van der Waals surface area contributed by atoms with Crippen molar-refractivity contribution in [1.29, 1.82) is 0 Å². The Labute approximate surface area is 107 Å². The first-order chi connectivity index (χ1) is 8.36. The van der Waals surface area contributed by atoms with Crippen LogP contribution in [0.3, 0.4) is 0 Å². The van der Waals surface area contributed by atoms with E-state index in [1.807, 2.05) is 0 Å². The largest absolute Gasteiger partial charge is 0.0654 e. The standard InChI is InChI=1S/C17H28/c1-3-5-10-16(11-6-4-2)14-15-17-12-8-7-9-13-17/h7-9,12-13,16H,3-6,10-11,14-15H2,1-2H3. The highest BCUT2D eigenvalue weighted by Crippen LogP contribution is 2.21. The molecule has 1 aromatic carbocycles. The van der Waals surface area contributed by atoms with Gasteiger partial charge in [0.05, 0.1) is 0 Å². The Balaban J connectivity index is 2.31. The van der Waals surface area contributed by atoms with E-state index in [9.17, 15) is 0 Å². The summed E-state index contributed by atoms with van der Waals surface area (Å²) in [5.41, 5.74) is 1.51. The zero-order valence-corrected chi connectivity index (χ0v) is 11.6. The third kappa shape index (κ3) is 6.51. The van der Waals surface area contributed by atoms with Crippen molar-refractivity contribution in [3.05, 3.63) is 35.9 Å². The molecule has 0 unspecified atom stereocenters. The van der Waals surface area contributed by atoms with E-state index in [2.05, 4.69) is 44.2 Å². The lowest BCUT2D eigenvalue weighted by Gasteiger charge is -2.16. The van der Waals surface area contributed by atoms with E-state index in [0.29, 0.717) is 0 Å². The second-order valence-electron chi connectivity index (χ2n) is 5.17. The summed E-state index contributed by atoms with van der Waals surface area (Å²) < 4.78 is 0. The molecule has 0 aliphatic carbocycles. The molecule has 0 heteroatoms. The molecule has 0 N–H and O–H groups in total. The molecule has 0 aliphatic heterocycles. The van der Waals surface area contributed by atoms with Gasteiger partial charge in [-0.15, -0.1) is 0 Å². The Hall–Kier alpha value is -0.780. The van der Waals surface area contributed by atoms with Gasteiger partial charge in [0, 0.05) is 0 Å². The van der Waals surface area contributed by atoms with Crippen LogP contribution in [0.1, 0.15) is 64.4 Å². The fraction of sp³-hybridized carbons (Fsp3) is 0.647. The Morgan fingerprint density at radius 3 is 1.94 bits per heavy atom. The maximum Gasteiger partial charge on any atom is -0.0276 e. The summed E-state index contributed by atoms with van der Waals surface area (Å²) >= 11 is 0. The van der Waals surface area contributed by atoms with Crippen molar-refractivity contribution in [2.24, 2.45) is 5.92 Å². The molecule has 0 saturated heterocycles. The van der Waals surface area contributed by atoms with Crippen LogP contribution in [0.25, 0.3) is 0 Å². The van der Waals surface area contributed by atoms with Crippen molar-refractivity contribution >= 4 is 0 Å². The summed E-state index contributed by atoms with van der Waals surface area (Å²) in [7, 11) is 0. The molecular weight excluding hydrogens is 204 g/mol. The minimum absolute atomic E-state index is 0.954. The molecule has 0 aliphatic rings. The van der Waals surface area contributed by atoms with Gasteiger partial charge in [0.1, 0.15) is 0 Å². The lowest BCUT2D eigenvalue weighted by Crippen LogP contribution is -2.02. The van der Waals surface area contributed by atoms with Crippen LogP contribution in [-0.4, -0.2) is 0 Å². The molecule has 0 radical (unpaired) electrons. The van der Waals surface area contributed by atoms with Crippen LogP contribution in [-0.2, 0) is 6.42 Å². The smallest absolute Gasteiger partial charge is 0.0276 e. The summed E-state index contributed by atoms with van der Waals surface area (Å²) in [6.45, 7) is 4.60. The predicted octanol–water partition coefficient (Wildman–Crippen LogP) is 5.62. The van der Waals surface area contributed by atoms with Crippen molar-refractivity contribution in [3.63, 3.8) is 0 Å². The number of benzene rings is 1. The molecule has 1 rings (SSSR count). The molecule has 0 nitrogen and oxygen atoms in total. The number of aryl methyl sites for hydroxylation is 1. The van der Waals surface area contributed by atoms with Gasteiger partial charge in [-0.05, 0) is 24.3 Å². The summed E-state index contributed by atoms with van der Waals surface area (Å²) in [6.07, 6.45) is 11.0. The van der Waals surface area contributed by atoms with Crippen molar-refractivity contribution in [1.82, 2.24) is 0 Å². The Kier molecular flexibility index (Phi) is 7.79. The molecule has 0 saturated carbocycles. The summed E-state index contributed by atoms with van der Waals surface area (Å²) in [5, 5.41) is 0. The van der Waals surface area contributed by atoms with Crippen LogP contribution in [0, 0.1) is 5.92 Å². The molecule has 17 heavy (non-hydrogen) atoms. The van der Waals surface area contributed by atoms with Crippen LogP contribution in [0.5, 0.6) is 0 Å². The van der Waals surface area contributed by atoms with Crippen molar-refractivity contribution in [2.45, 2.75) is 65.2 Å². The van der Waals surface area contributed by atoms with Gasteiger partial charge >= 0.3 is 0 Å². The SMILES string of the molecule is CCCCC(CCCC)CCc1ccccc1. The molecule has 0 spiro atoms. The summed E-state index contributed by atoms with van der Waals surface area (Å²) in [4.78, 5) is 0. The number of hydrogen-bond acceptors (Lipinski definition) is 0. The third-order valence-corrected chi connectivity index (χ3v) is 3.62. The molecule has 1 aromatic rings. The quantitative estimate of drug-likeness (QED) is 0.518. The second-order valence-corrected chi connectivity index (χ2v) is 5.17. The molecule has 96 valence electrons. The molecule has 0 fully saturated rings. The highest BCUT2D eigenvalue weighted by atomic mass is 14.1. The van der Waals surface area contributed by atoms with Crippen molar-refractivity contribution in [3.8, 4) is 0 Å².